The van der Waals surface area contributed by atoms with Gasteiger partial charge in [0.2, 0.25) is 0 Å². The standard InChI is InChI=1S/C48H93NO5/c1-5-9-21-29-44(30-22-10-6-2)41-47(50)53-37-27-19-15-13-17-25-33-46(43-49-35-39-52-40-36-49)34-26-18-14-16-20-28-38-54-48(51)42-45(31-23-11-7-3)32-24-12-8-4/h44-46H,5-43H2,1-4H3. The molecule has 0 atom stereocenters. The van der Waals surface area contributed by atoms with Crippen molar-refractivity contribution in [2.45, 2.75) is 233 Å². The van der Waals surface area contributed by atoms with Gasteiger partial charge in [-0.2, -0.15) is 0 Å². The van der Waals surface area contributed by atoms with E-state index in [-0.39, 0.29) is 11.9 Å². The topological polar surface area (TPSA) is 65.1 Å². The molecule has 6 heteroatoms. The second kappa shape index (κ2) is 38.7. The minimum absolute atomic E-state index is 0.0340. The number of carbonyl (C=O) groups is 2. The summed E-state index contributed by atoms with van der Waals surface area (Å²) >= 11 is 0. The first-order valence-electron chi connectivity index (χ1n) is 24.1. The van der Waals surface area contributed by atoms with Gasteiger partial charge < -0.3 is 14.2 Å². The molecule has 0 saturated carbocycles. The molecular formula is C48H93NO5. The Morgan fingerprint density at radius 1 is 0.444 bits per heavy atom. The minimum atomic E-state index is 0.0340. The summed E-state index contributed by atoms with van der Waals surface area (Å²) in [4.78, 5) is 27.7. The number of hydrogen-bond donors (Lipinski definition) is 0. The first-order chi connectivity index (χ1) is 26.5. The van der Waals surface area contributed by atoms with Gasteiger partial charge in [0.1, 0.15) is 0 Å². The molecule has 0 unspecified atom stereocenters. The molecule has 0 aromatic rings. The molecule has 0 radical (unpaired) electrons. The summed E-state index contributed by atoms with van der Waals surface area (Å²) < 4.78 is 17.0. The van der Waals surface area contributed by atoms with E-state index in [9.17, 15) is 9.59 Å². The van der Waals surface area contributed by atoms with Crippen LogP contribution in [0.2, 0.25) is 0 Å². The Kier molecular flexibility index (Phi) is 36.5. The molecule has 54 heavy (non-hydrogen) atoms. The molecule has 320 valence electrons. The molecule has 0 aliphatic carbocycles. The fraction of sp³-hybridized carbons (Fsp3) is 0.958. The number of morpholine rings is 1. The van der Waals surface area contributed by atoms with Crippen LogP contribution in [0.15, 0.2) is 0 Å². The SMILES string of the molecule is CCCCCC(CCCCC)CC(=O)OCCCCCCCCC(CCCCCCCCOC(=O)CC(CCCCC)CCCCC)CN1CCOCC1. The zero-order valence-corrected chi connectivity index (χ0v) is 36.8. The van der Waals surface area contributed by atoms with Crippen LogP contribution in [0.1, 0.15) is 233 Å². The van der Waals surface area contributed by atoms with Crippen molar-refractivity contribution in [3.63, 3.8) is 0 Å². The molecule has 1 saturated heterocycles. The summed E-state index contributed by atoms with van der Waals surface area (Å²) in [5, 5.41) is 0. The lowest BCUT2D eigenvalue weighted by molar-refractivity contribution is -0.146. The minimum Gasteiger partial charge on any atom is -0.466 e. The molecule has 1 rings (SSSR count). The van der Waals surface area contributed by atoms with Crippen LogP contribution in [0.25, 0.3) is 0 Å². The molecule has 0 aromatic carbocycles. The van der Waals surface area contributed by atoms with E-state index in [1.165, 1.54) is 186 Å². The highest BCUT2D eigenvalue weighted by Crippen LogP contribution is 2.24. The largest absolute Gasteiger partial charge is 0.466 e. The van der Waals surface area contributed by atoms with Gasteiger partial charge in [0.15, 0.2) is 0 Å². The molecule has 6 nitrogen and oxygen atoms in total. The van der Waals surface area contributed by atoms with Crippen LogP contribution in [0.5, 0.6) is 0 Å². The van der Waals surface area contributed by atoms with E-state index in [4.69, 9.17) is 14.2 Å². The lowest BCUT2D eigenvalue weighted by Gasteiger charge is -2.30. The average Bonchev–Trinajstić information content (AvgIpc) is 3.17. The fourth-order valence-corrected chi connectivity index (χ4v) is 8.35. The average molecular weight is 764 g/mol. The summed E-state index contributed by atoms with van der Waals surface area (Å²) in [6.07, 6.45) is 38.4. The Morgan fingerprint density at radius 3 is 1.13 bits per heavy atom. The Hall–Kier alpha value is -1.14. The Morgan fingerprint density at radius 2 is 0.759 bits per heavy atom. The highest BCUT2D eigenvalue weighted by atomic mass is 16.5. The van der Waals surface area contributed by atoms with Gasteiger partial charge in [-0.15, -0.1) is 0 Å². The van der Waals surface area contributed by atoms with Crippen molar-refractivity contribution in [1.82, 2.24) is 4.90 Å². The number of hydrogen-bond acceptors (Lipinski definition) is 6. The smallest absolute Gasteiger partial charge is 0.306 e. The second-order valence-corrected chi connectivity index (χ2v) is 17.2. The van der Waals surface area contributed by atoms with E-state index in [0.29, 0.717) is 37.9 Å². The Balaban J connectivity index is 2.18. The van der Waals surface area contributed by atoms with Crippen LogP contribution >= 0.6 is 0 Å². The van der Waals surface area contributed by atoms with Crippen LogP contribution in [-0.4, -0.2) is 62.9 Å². The van der Waals surface area contributed by atoms with Gasteiger partial charge in [-0.3, -0.25) is 14.5 Å². The third kappa shape index (κ3) is 32.0. The molecule has 0 amide bonds. The van der Waals surface area contributed by atoms with Crippen molar-refractivity contribution in [2.24, 2.45) is 17.8 Å². The van der Waals surface area contributed by atoms with Crippen molar-refractivity contribution in [2.75, 3.05) is 46.1 Å². The monoisotopic (exact) mass is 764 g/mol. The van der Waals surface area contributed by atoms with Gasteiger partial charge in [0, 0.05) is 32.5 Å². The molecule has 1 heterocycles. The first kappa shape index (κ1) is 50.9. The molecule has 0 N–H and O–H groups in total. The van der Waals surface area contributed by atoms with E-state index in [1.54, 1.807) is 0 Å². The molecule has 0 aromatic heterocycles. The number of nitrogens with zero attached hydrogens (tertiary/aromatic N) is 1. The highest BCUT2D eigenvalue weighted by Gasteiger charge is 2.18. The van der Waals surface area contributed by atoms with Crippen LogP contribution in [-0.2, 0) is 23.8 Å². The van der Waals surface area contributed by atoms with Crippen molar-refractivity contribution in [1.29, 1.82) is 0 Å². The van der Waals surface area contributed by atoms with Gasteiger partial charge in [-0.05, 0) is 69.1 Å². The predicted molar refractivity (Wildman–Crippen MR) is 230 cm³/mol. The van der Waals surface area contributed by atoms with Gasteiger partial charge in [0.25, 0.3) is 0 Å². The second-order valence-electron chi connectivity index (χ2n) is 17.2. The fourth-order valence-electron chi connectivity index (χ4n) is 8.35. The van der Waals surface area contributed by atoms with Crippen LogP contribution in [0, 0.1) is 17.8 Å². The molecule has 1 aliphatic rings. The third-order valence-corrected chi connectivity index (χ3v) is 11.9. The third-order valence-electron chi connectivity index (χ3n) is 11.9. The van der Waals surface area contributed by atoms with E-state index >= 15 is 0 Å². The van der Waals surface area contributed by atoms with Gasteiger partial charge in [-0.1, -0.05) is 169 Å². The Labute approximate surface area is 336 Å². The molecule has 1 fully saturated rings. The number of rotatable bonds is 40. The quantitative estimate of drug-likeness (QED) is 0.0457. The summed E-state index contributed by atoms with van der Waals surface area (Å²) in [5.41, 5.74) is 0. The van der Waals surface area contributed by atoms with Crippen LogP contribution in [0.3, 0.4) is 0 Å². The zero-order valence-electron chi connectivity index (χ0n) is 36.8. The van der Waals surface area contributed by atoms with Crippen molar-refractivity contribution < 1.29 is 23.8 Å². The number of unbranched alkanes of at least 4 members (excludes halogenated alkanes) is 18. The number of carbonyl (C=O) groups excluding carboxylic acids is 2. The molecule has 1 aliphatic heterocycles. The van der Waals surface area contributed by atoms with E-state index in [0.717, 1.165) is 45.1 Å². The highest BCUT2D eigenvalue weighted by molar-refractivity contribution is 5.70. The Bertz CT molecular complexity index is 739. The maximum absolute atomic E-state index is 12.5. The van der Waals surface area contributed by atoms with Gasteiger partial charge in [0.05, 0.1) is 26.4 Å². The number of ether oxygens (including phenoxy) is 3. The van der Waals surface area contributed by atoms with E-state index in [1.807, 2.05) is 0 Å². The summed E-state index contributed by atoms with van der Waals surface area (Å²) in [5.74, 6) is 1.89. The lowest BCUT2D eigenvalue weighted by atomic mass is 9.92. The summed E-state index contributed by atoms with van der Waals surface area (Å²) in [6.45, 7) is 15.4. The molecule has 0 bridgehead atoms. The zero-order chi connectivity index (χ0) is 39.2. The lowest BCUT2D eigenvalue weighted by Crippen LogP contribution is -2.39. The van der Waals surface area contributed by atoms with Crippen molar-refractivity contribution >= 4 is 11.9 Å². The van der Waals surface area contributed by atoms with E-state index < -0.39 is 0 Å². The predicted octanol–water partition coefficient (Wildman–Crippen LogP) is 13.8. The number of esters is 2. The maximum Gasteiger partial charge on any atom is 0.306 e. The first-order valence-corrected chi connectivity index (χ1v) is 24.1. The maximum atomic E-state index is 12.5. The van der Waals surface area contributed by atoms with Crippen molar-refractivity contribution in [3.8, 4) is 0 Å². The normalized spacial score (nSPS) is 13.8. The van der Waals surface area contributed by atoms with Crippen molar-refractivity contribution in [3.05, 3.63) is 0 Å². The summed E-state index contributed by atoms with van der Waals surface area (Å²) in [7, 11) is 0. The van der Waals surface area contributed by atoms with E-state index in [2.05, 4.69) is 32.6 Å². The van der Waals surface area contributed by atoms with Crippen LogP contribution < -0.4 is 0 Å². The molecule has 0 spiro atoms. The summed E-state index contributed by atoms with van der Waals surface area (Å²) in [6, 6.07) is 0. The van der Waals surface area contributed by atoms with Gasteiger partial charge in [-0.25, -0.2) is 0 Å². The molecular weight excluding hydrogens is 671 g/mol. The van der Waals surface area contributed by atoms with Crippen LogP contribution in [0.4, 0.5) is 0 Å². The van der Waals surface area contributed by atoms with Gasteiger partial charge >= 0.3 is 11.9 Å².